The topological polar surface area (TPSA) is 59.6 Å². The molecule has 17 heavy (non-hydrogen) atoms. The van der Waals surface area contributed by atoms with E-state index in [-0.39, 0.29) is 36.6 Å². The largest absolute Gasteiger partial charge is 0.495 e. The molecule has 0 aliphatic carbocycles. The molecule has 0 radical (unpaired) electrons. The van der Waals surface area contributed by atoms with E-state index < -0.39 is 0 Å². The lowest BCUT2D eigenvalue weighted by Crippen LogP contribution is -2.23. The lowest BCUT2D eigenvalue weighted by atomic mass is 10.3. The monoisotopic (exact) mass is 353 g/mol. The molecule has 0 fully saturated rings. The van der Waals surface area contributed by atoms with Gasteiger partial charge < -0.3 is 15.8 Å². The van der Waals surface area contributed by atoms with Gasteiger partial charge in [-0.1, -0.05) is 12.1 Å². The first-order valence-electron chi connectivity index (χ1n) is 5.04. The summed E-state index contributed by atoms with van der Waals surface area (Å²) in [5, 5.41) is 2.90. The maximum absolute atomic E-state index is 11.8. The summed E-state index contributed by atoms with van der Waals surface area (Å²) in [6.45, 7) is -0.00405. The fraction of sp³-hybridized carbons (Fsp3) is 0.364. The van der Waals surface area contributed by atoms with E-state index in [1.54, 1.807) is 7.11 Å². The van der Waals surface area contributed by atoms with E-state index in [1.807, 2.05) is 24.3 Å². The zero-order chi connectivity index (χ0) is 11.8. The second kappa shape index (κ2) is 9.03. The smallest absolute Gasteiger partial charge is 0.193 e. The van der Waals surface area contributed by atoms with Gasteiger partial charge in [0.25, 0.3) is 0 Å². The molecule has 0 aromatic heterocycles. The molecule has 1 aromatic rings. The quantitative estimate of drug-likeness (QED) is 0.370. The number of anilines is 1. The van der Waals surface area contributed by atoms with Crippen molar-refractivity contribution < 1.29 is 9.13 Å². The lowest BCUT2D eigenvalue weighted by molar-refractivity contribution is 0.417. The molecule has 0 heterocycles. The van der Waals surface area contributed by atoms with E-state index >= 15 is 0 Å². The molecule has 3 N–H and O–H groups in total. The minimum absolute atomic E-state index is 0. The fourth-order valence-electron chi connectivity index (χ4n) is 1.18. The molecule has 0 saturated carbocycles. The first-order valence-corrected chi connectivity index (χ1v) is 5.04. The van der Waals surface area contributed by atoms with Crippen LogP contribution in [0.4, 0.5) is 10.1 Å². The van der Waals surface area contributed by atoms with Crippen molar-refractivity contribution in [2.75, 3.05) is 25.6 Å². The van der Waals surface area contributed by atoms with Gasteiger partial charge >= 0.3 is 0 Å². The van der Waals surface area contributed by atoms with Crippen LogP contribution in [0.1, 0.15) is 6.42 Å². The normalized spacial score (nSPS) is 10.6. The average Bonchev–Trinajstić information content (AvgIpc) is 2.30. The van der Waals surface area contributed by atoms with E-state index in [0.29, 0.717) is 18.7 Å². The number of ether oxygens (including phenoxy) is 1. The Morgan fingerprint density at radius 2 is 2.18 bits per heavy atom. The van der Waals surface area contributed by atoms with Crippen LogP contribution in [0.2, 0.25) is 0 Å². The van der Waals surface area contributed by atoms with Crippen LogP contribution < -0.4 is 15.8 Å². The van der Waals surface area contributed by atoms with Crippen LogP contribution in [0, 0.1) is 0 Å². The zero-order valence-corrected chi connectivity index (χ0v) is 12.0. The highest BCUT2D eigenvalue weighted by molar-refractivity contribution is 14.0. The van der Waals surface area contributed by atoms with Gasteiger partial charge in [-0.25, -0.2) is 0 Å². The Kier molecular flexibility index (Phi) is 8.47. The summed E-state index contributed by atoms with van der Waals surface area (Å²) in [5.74, 6) is 0.948. The zero-order valence-electron chi connectivity index (χ0n) is 9.65. The molecule has 4 nitrogen and oxygen atoms in total. The van der Waals surface area contributed by atoms with Crippen molar-refractivity contribution in [1.82, 2.24) is 0 Å². The summed E-state index contributed by atoms with van der Waals surface area (Å²) in [4.78, 5) is 3.97. The maximum Gasteiger partial charge on any atom is 0.193 e. The van der Waals surface area contributed by atoms with Crippen molar-refractivity contribution in [3.63, 3.8) is 0 Å². The first kappa shape index (κ1) is 16.0. The molecule has 6 heteroatoms. The highest BCUT2D eigenvalue weighted by Crippen LogP contribution is 2.22. The molecule has 0 saturated heterocycles. The van der Waals surface area contributed by atoms with Gasteiger partial charge in [-0.3, -0.25) is 9.38 Å². The number of hydrogen-bond donors (Lipinski definition) is 2. The Labute approximate surface area is 117 Å². The second-order valence-corrected chi connectivity index (χ2v) is 3.13. The van der Waals surface area contributed by atoms with Gasteiger partial charge in [0.1, 0.15) is 5.75 Å². The maximum atomic E-state index is 11.8. The van der Waals surface area contributed by atoms with Gasteiger partial charge in [0.05, 0.1) is 19.5 Å². The van der Waals surface area contributed by atoms with Gasteiger partial charge in [0.15, 0.2) is 5.96 Å². The summed E-state index contributed by atoms with van der Waals surface area (Å²) in [7, 11) is 1.58. The molecular formula is C11H17FIN3O. The van der Waals surface area contributed by atoms with Crippen molar-refractivity contribution in [3.8, 4) is 5.75 Å². The SMILES string of the molecule is COc1ccccc1NC(N)=NCCCF.I. The number of alkyl halides is 1. The van der Waals surface area contributed by atoms with Crippen molar-refractivity contribution in [3.05, 3.63) is 24.3 Å². The number of hydrogen-bond acceptors (Lipinski definition) is 2. The van der Waals surface area contributed by atoms with Crippen molar-refractivity contribution in [2.45, 2.75) is 6.42 Å². The number of halogens is 2. The third-order valence-electron chi connectivity index (χ3n) is 1.94. The van der Waals surface area contributed by atoms with Crippen LogP contribution in [-0.4, -0.2) is 26.3 Å². The van der Waals surface area contributed by atoms with Crippen molar-refractivity contribution >= 4 is 35.6 Å². The minimum Gasteiger partial charge on any atom is -0.495 e. The Morgan fingerprint density at radius 1 is 1.47 bits per heavy atom. The molecule has 96 valence electrons. The van der Waals surface area contributed by atoms with Crippen LogP contribution in [0.25, 0.3) is 0 Å². The highest BCUT2D eigenvalue weighted by atomic mass is 127. The van der Waals surface area contributed by atoms with Crippen LogP contribution >= 0.6 is 24.0 Å². The predicted molar refractivity (Wildman–Crippen MR) is 79.1 cm³/mol. The van der Waals surface area contributed by atoms with Crippen molar-refractivity contribution in [1.29, 1.82) is 0 Å². The molecule has 1 rings (SSSR count). The third kappa shape index (κ3) is 5.71. The van der Waals surface area contributed by atoms with E-state index in [1.165, 1.54) is 0 Å². The van der Waals surface area contributed by atoms with Crippen LogP contribution in [0.15, 0.2) is 29.3 Å². The standard InChI is InChI=1S/C11H16FN3O.HI/c1-16-10-6-3-2-5-9(10)15-11(13)14-8-4-7-12;/h2-3,5-6H,4,7-8H2,1H3,(H3,13,14,15);1H. The number of nitrogens with zero attached hydrogens (tertiary/aromatic N) is 1. The number of benzene rings is 1. The summed E-state index contributed by atoms with van der Waals surface area (Å²) in [6.07, 6.45) is 0.383. The molecule has 0 aliphatic rings. The molecule has 0 amide bonds. The van der Waals surface area contributed by atoms with Crippen LogP contribution in [0.3, 0.4) is 0 Å². The van der Waals surface area contributed by atoms with Crippen molar-refractivity contribution in [2.24, 2.45) is 10.7 Å². The molecule has 0 bridgehead atoms. The van der Waals surface area contributed by atoms with Crippen LogP contribution in [-0.2, 0) is 0 Å². The van der Waals surface area contributed by atoms with Crippen LogP contribution in [0.5, 0.6) is 5.75 Å². The Bertz CT molecular complexity index is 360. The van der Waals surface area contributed by atoms with Gasteiger partial charge in [0.2, 0.25) is 0 Å². The Hall–Kier alpha value is -1.05. The summed E-state index contributed by atoms with van der Waals surface area (Å²) in [5.41, 5.74) is 6.37. The van der Waals surface area contributed by atoms with E-state index in [0.717, 1.165) is 5.69 Å². The van der Waals surface area contributed by atoms with Gasteiger partial charge in [-0.2, -0.15) is 0 Å². The summed E-state index contributed by atoms with van der Waals surface area (Å²) in [6, 6.07) is 7.37. The number of nitrogens with one attached hydrogen (secondary N) is 1. The number of methoxy groups -OCH3 is 1. The highest BCUT2D eigenvalue weighted by Gasteiger charge is 2.01. The molecule has 0 atom stereocenters. The Balaban J connectivity index is 0.00000256. The number of guanidine groups is 1. The molecule has 1 aromatic carbocycles. The molecule has 0 unspecified atom stereocenters. The Morgan fingerprint density at radius 3 is 2.82 bits per heavy atom. The van der Waals surface area contributed by atoms with Gasteiger partial charge in [-0.15, -0.1) is 24.0 Å². The molecular weight excluding hydrogens is 336 g/mol. The number of nitrogens with two attached hydrogens (primary N) is 1. The summed E-state index contributed by atoms with van der Waals surface area (Å²) >= 11 is 0. The number of para-hydroxylation sites is 2. The second-order valence-electron chi connectivity index (χ2n) is 3.13. The van der Waals surface area contributed by atoms with E-state index in [2.05, 4.69) is 10.3 Å². The number of aliphatic imine (C=N–C) groups is 1. The summed E-state index contributed by atoms with van der Waals surface area (Å²) < 4.78 is 17.0. The minimum atomic E-state index is -0.383. The van der Waals surface area contributed by atoms with Gasteiger partial charge in [-0.05, 0) is 18.6 Å². The molecule has 0 spiro atoms. The first-order chi connectivity index (χ1) is 7.77. The average molecular weight is 353 g/mol. The predicted octanol–water partition coefficient (Wildman–Crippen LogP) is 2.40. The van der Waals surface area contributed by atoms with E-state index in [4.69, 9.17) is 10.5 Å². The lowest BCUT2D eigenvalue weighted by Gasteiger charge is -2.09. The molecule has 0 aliphatic heterocycles. The fourth-order valence-corrected chi connectivity index (χ4v) is 1.18. The third-order valence-corrected chi connectivity index (χ3v) is 1.94. The van der Waals surface area contributed by atoms with E-state index in [9.17, 15) is 4.39 Å². The van der Waals surface area contributed by atoms with Gasteiger partial charge in [0, 0.05) is 6.54 Å². The number of rotatable bonds is 5.